The average Bonchev–Trinajstić information content (AvgIpc) is 2.80. The molecular weight excluding hydrogens is 246 g/mol. The van der Waals surface area contributed by atoms with Crippen molar-refractivity contribution in [2.24, 2.45) is 0 Å². The average molecular weight is 261 g/mol. The van der Waals surface area contributed by atoms with Crippen molar-refractivity contribution in [3.05, 3.63) is 29.8 Å². The van der Waals surface area contributed by atoms with E-state index in [2.05, 4.69) is 25.8 Å². The van der Waals surface area contributed by atoms with Gasteiger partial charge < -0.3 is 10.1 Å². The molecule has 0 aliphatic rings. The predicted octanol–water partition coefficient (Wildman–Crippen LogP) is 2.16. The highest BCUT2D eigenvalue weighted by Gasteiger charge is 2.07. The van der Waals surface area contributed by atoms with E-state index in [0.29, 0.717) is 12.3 Å². The SMILES string of the molecule is CCOc1n[nH]c(NC(=O)Nc2ccc(C)cc2)n1. The second-order valence-corrected chi connectivity index (χ2v) is 3.84. The maximum absolute atomic E-state index is 11.7. The van der Waals surface area contributed by atoms with Gasteiger partial charge in [-0.1, -0.05) is 17.7 Å². The Labute approximate surface area is 110 Å². The zero-order valence-electron chi connectivity index (χ0n) is 10.7. The number of aromatic amines is 1. The minimum atomic E-state index is -0.400. The second-order valence-electron chi connectivity index (χ2n) is 3.84. The molecule has 0 fully saturated rings. The standard InChI is InChI=1S/C12H15N5O2/c1-3-19-12-15-10(16-17-12)14-11(18)13-9-6-4-8(2)5-7-9/h4-7H,3H2,1-2H3,(H3,13,14,15,16,17,18). The number of ether oxygens (including phenoxy) is 1. The third-order valence-corrected chi connectivity index (χ3v) is 2.28. The molecule has 0 spiro atoms. The summed E-state index contributed by atoms with van der Waals surface area (Å²) in [6, 6.07) is 7.27. The number of benzene rings is 1. The number of carbonyl (C=O) groups excluding carboxylic acids is 1. The van der Waals surface area contributed by atoms with Crippen molar-refractivity contribution in [3.63, 3.8) is 0 Å². The highest BCUT2D eigenvalue weighted by atomic mass is 16.5. The summed E-state index contributed by atoms with van der Waals surface area (Å²) in [7, 11) is 0. The highest BCUT2D eigenvalue weighted by Crippen LogP contribution is 2.10. The van der Waals surface area contributed by atoms with Gasteiger partial charge in [0.25, 0.3) is 0 Å². The van der Waals surface area contributed by atoms with Gasteiger partial charge in [0.05, 0.1) is 6.61 Å². The number of H-pyrrole nitrogens is 1. The number of carbonyl (C=O) groups is 1. The fraction of sp³-hybridized carbons (Fsp3) is 0.250. The highest BCUT2D eigenvalue weighted by molar-refractivity contribution is 5.98. The summed E-state index contributed by atoms with van der Waals surface area (Å²) in [6.07, 6.45) is 0. The smallest absolute Gasteiger partial charge is 0.337 e. The number of aryl methyl sites for hydroxylation is 1. The number of hydrogen-bond donors (Lipinski definition) is 3. The number of anilines is 2. The molecule has 0 bridgehead atoms. The van der Waals surface area contributed by atoms with Gasteiger partial charge in [-0.3, -0.25) is 5.32 Å². The number of nitrogens with one attached hydrogen (secondary N) is 3. The van der Waals surface area contributed by atoms with Crippen LogP contribution in [0.5, 0.6) is 6.01 Å². The van der Waals surface area contributed by atoms with Gasteiger partial charge in [0.2, 0.25) is 5.95 Å². The molecule has 1 aromatic heterocycles. The number of aromatic nitrogens is 3. The first kappa shape index (κ1) is 12.9. The van der Waals surface area contributed by atoms with Crippen LogP contribution in [0.1, 0.15) is 12.5 Å². The Morgan fingerprint density at radius 1 is 1.32 bits per heavy atom. The molecule has 0 aliphatic heterocycles. The molecule has 2 aromatic rings. The number of nitrogens with zero attached hydrogens (tertiary/aromatic N) is 2. The van der Waals surface area contributed by atoms with E-state index in [0.717, 1.165) is 5.56 Å². The lowest BCUT2D eigenvalue weighted by atomic mass is 10.2. The van der Waals surface area contributed by atoms with Crippen LogP contribution in [0, 0.1) is 6.92 Å². The summed E-state index contributed by atoms with van der Waals surface area (Å²) in [4.78, 5) is 15.6. The van der Waals surface area contributed by atoms with Gasteiger partial charge in [0, 0.05) is 5.69 Å². The Balaban J connectivity index is 1.91. The maximum Gasteiger partial charge on any atom is 0.337 e. The third-order valence-electron chi connectivity index (χ3n) is 2.28. The van der Waals surface area contributed by atoms with Crippen molar-refractivity contribution < 1.29 is 9.53 Å². The molecule has 2 amide bonds. The first-order valence-electron chi connectivity index (χ1n) is 5.87. The van der Waals surface area contributed by atoms with Crippen LogP contribution in [0.4, 0.5) is 16.4 Å². The lowest BCUT2D eigenvalue weighted by molar-refractivity contribution is 0.262. The predicted molar refractivity (Wildman–Crippen MR) is 71.4 cm³/mol. The zero-order valence-corrected chi connectivity index (χ0v) is 10.7. The Hall–Kier alpha value is -2.57. The van der Waals surface area contributed by atoms with Crippen molar-refractivity contribution in [3.8, 4) is 6.01 Å². The van der Waals surface area contributed by atoms with Gasteiger partial charge in [-0.05, 0) is 26.0 Å². The van der Waals surface area contributed by atoms with Crippen molar-refractivity contribution in [1.29, 1.82) is 0 Å². The molecule has 2 rings (SSSR count). The molecule has 19 heavy (non-hydrogen) atoms. The van der Waals surface area contributed by atoms with E-state index in [1.54, 1.807) is 0 Å². The summed E-state index contributed by atoms with van der Waals surface area (Å²) in [6.45, 7) is 4.27. The molecule has 7 nitrogen and oxygen atoms in total. The van der Waals surface area contributed by atoms with Gasteiger partial charge in [-0.2, -0.15) is 4.98 Å². The molecule has 7 heteroatoms. The quantitative estimate of drug-likeness (QED) is 0.786. The van der Waals surface area contributed by atoms with Gasteiger partial charge in [-0.25, -0.2) is 9.89 Å². The van der Waals surface area contributed by atoms with E-state index >= 15 is 0 Å². The van der Waals surface area contributed by atoms with E-state index in [-0.39, 0.29) is 12.0 Å². The monoisotopic (exact) mass is 261 g/mol. The van der Waals surface area contributed by atoms with E-state index < -0.39 is 6.03 Å². The molecule has 0 radical (unpaired) electrons. The van der Waals surface area contributed by atoms with E-state index in [4.69, 9.17) is 4.74 Å². The van der Waals surface area contributed by atoms with E-state index in [1.165, 1.54) is 0 Å². The van der Waals surface area contributed by atoms with E-state index in [9.17, 15) is 4.79 Å². The molecule has 0 unspecified atom stereocenters. The summed E-state index contributed by atoms with van der Waals surface area (Å²) in [5.74, 6) is 0.230. The summed E-state index contributed by atoms with van der Waals surface area (Å²) < 4.78 is 5.07. The Kier molecular flexibility index (Phi) is 3.97. The topological polar surface area (TPSA) is 91.9 Å². The van der Waals surface area contributed by atoms with E-state index in [1.807, 2.05) is 38.1 Å². The molecule has 0 aliphatic carbocycles. The van der Waals surface area contributed by atoms with Crippen LogP contribution in [0.15, 0.2) is 24.3 Å². The Morgan fingerprint density at radius 2 is 2.05 bits per heavy atom. The first-order valence-corrected chi connectivity index (χ1v) is 5.87. The van der Waals surface area contributed by atoms with Crippen LogP contribution in [0.3, 0.4) is 0 Å². The lowest BCUT2D eigenvalue weighted by Gasteiger charge is -2.05. The zero-order chi connectivity index (χ0) is 13.7. The summed E-state index contributed by atoms with van der Waals surface area (Å²) >= 11 is 0. The second kappa shape index (κ2) is 5.85. The molecular formula is C12H15N5O2. The van der Waals surface area contributed by atoms with Crippen LogP contribution in [-0.4, -0.2) is 27.8 Å². The maximum atomic E-state index is 11.7. The molecule has 0 saturated heterocycles. The Morgan fingerprint density at radius 3 is 2.74 bits per heavy atom. The molecule has 0 atom stereocenters. The number of hydrogen-bond acceptors (Lipinski definition) is 4. The Bertz CT molecular complexity index is 550. The molecule has 1 aromatic carbocycles. The first-order chi connectivity index (χ1) is 9.17. The normalized spacial score (nSPS) is 10.0. The third kappa shape index (κ3) is 3.70. The molecule has 100 valence electrons. The minimum Gasteiger partial charge on any atom is -0.463 e. The van der Waals surface area contributed by atoms with Gasteiger partial charge in [0.1, 0.15) is 0 Å². The molecule has 1 heterocycles. The van der Waals surface area contributed by atoms with Crippen molar-refractivity contribution >= 4 is 17.7 Å². The van der Waals surface area contributed by atoms with Gasteiger partial charge in [-0.15, -0.1) is 5.10 Å². The minimum absolute atomic E-state index is 0.202. The van der Waals surface area contributed by atoms with Crippen LogP contribution in [0.2, 0.25) is 0 Å². The van der Waals surface area contributed by atoms with Crippen LogP contribution < -0.4 is 15.4 Å². The largest absolute Gasteiger partial charge is 0.463 e. The summed E-state index contributed by atoms with van der Waals surface area (Å²) in [5, 5.41) is 11.5. The van der Waals surface area contributed by atoms with Gasteiger partial charge >= 0.3 is 12.0 Å². The number of amides is 2. The van der Waals surface area contributed by atoms with Gasteiger partial charge in [0.15, 0.2) is 0 Å². The number of rotatable bonds is 4. The fourth-order valence-electron chi connectivity index (χ4n) is 1.40. The lowest BCUT2D eigenvalue weighted by Crippen LogP contribution is -2.20. The molecule has 3 N–H and O–H groups in total. The summed E-state index contributed by atoms with van der Waals surface area (Å²) in [5.41, 5.74) is 1.83. The number of urea groups is 1. The van der Waals surface area contributed by atoms with Crippen LogP contribution >= 0.6 is 0 Å². The molecule has 0 saturated carbocycles. The van der Waals surface area contributed by atoms with Crippen molar-refractivity contribution in [2.75, 3.05) is 17.2 Å². The van der Waals surface area contributed by atoms with Crippen LogP contribution in [-0.2, 0) is 0 Å². The van der Waals surface area contributed by atoms with Crippen molar-refractivity contribution in [2.45, 2.75) is 13.8 Å². The van der Waals surface area contributed by atoms with Crippen LogP contribution in [0.25, 0.3) is 0 Å². The van der Waals surface area contributed by atoms with Crippen molar-refractivity contribution in [1.82, 2.24) is 15.2 Å². The fourth-order valence-corrected chi connectivity index (χ4v) is 1.40.